The number of hydrogen-bond donors (Lipinski definition) is 1. The highest BCUT2D eigenvalue weighted by Gasteiger charge is 2.48. The van der Waals surface area contributed by atoms with Crippen LogP contribution in [0.25, 0.3) is 0 Å². The monoisotopic (exact) mass is 376 g/mol. The van der Waals surface area contributed by atoms with Crippen molar-refractivity contribution in [1.29, 1.82) is 0 Å². The van der Waals surface area contributed by atoms with Gasteiger partial charge < -0.3 is 14.7 Å². The number of carbonyl (C=O) groups is 2. The summed E-state index contributed by atoms with van der Waals surface area (Å²) in [5, 5.41) is 10.5. The maximum atomic E-state index is 12.5. The molecule has 0 spiro atoms. The molecule has 2 heterocycles. The molecule has 3 amide bonds. The SMILES string of the molecule is Cc1cccc(OCC(O)CN2C(=S)N=C3C2C(=O)N(C)C(=O)N3C)c1. The van der Waals surface area contributed by atoms with Crippen molar-refractivity contribution >= 4 is 35.1 Å². The van der Waals surface area contributed by atoms with Crippen LogP contribution in [0, 0.1) is 6.92 Å². The Hall–Kier alpha value is -2.52. The molecule has 1 N–H and O–H groups in total. The summed E-state index contributed by atoms with van der Waals surface area (Å²) >= 11 is 5.23. The Morgan fingerprint density at radius 1 is 1.31 bits per heavy atom. The molecule has 2 aliphatic heterocycles. The molecule has 0 radical (unpaired) electrons. The minimum absolute atomic E-state index is 0.0451. The third kappa shape index (κ3) is 3.27. The van der Waals surface area contributed by atoms with E-state index in [2.05, 4.69) is 4.99 Å². The van der Waals surface area contributed by atoms with Gasteiger partial charge >= 0.3 is 6.03 Å². The van der Waals surface area contributed by atoms with Crippen LogP contribution in [0.2, 0.25) is 0 Å². The lowest BCUT2D eigenvalue weighted by Gasteiger charge is -2.37. The normalized spacial score (nSPS) is 21.1. The summed E-state index contributed by atoms with van der Waals surface area (Å²) in [7, 11) is 2.95. The van der Waals surface area contributed by atoms with Gasteiger partial charge in [-0.1, -0.05) is 12.1 Å². The lowest BCUT2D eigenvalue weighted by molar-refractivity contribution is -0.130. The number of fused-ring (bicyclic) bond motifs is 1. The summed E-state index contributed by atoms with van der Waals surface area (Å²) < 4.78 is 5.60. The maximum Gasteiger partial charge on any atom is 0.331 e. The highest BCUT2D eigenvalue weighted by atomic mass is 32.1. The molecule has 26 heavy (non-hydrogen) atoms. The molecular weight excluding hydrogens is 356 g/mol. The van der Waals surface area contributed by atoms with Gasteiger partial charge in [-0.15, -0.1) is 0 Å². The Morgan fingerprint density at radius 2 is 2.04 bits per heavy atom. The summed E-state index contributed by atoms with van der Waals surface area (Å²) in [6.07, 6.45) is -0.885. The molecular formula is C17H20N4O4S. The Kier molecular flexibility index (Phi) is 4.92. The minimum atomic E-state index is -0.885. The van der Waals surface area contributed by atoms with E-state index in [4.69, 9.17) is 17.0 Å². The Morgan fingerprint density at radius 3 is 2.73 bits per heavy atom. The van der Waals surface area contributed by atoms with Crippen molar-refractivity contribution in [3.63, 3.8) is 0 Å². The summed E-state index contributed by atoms with van der Waals surface area (Å²) in [6, 6.07) is 6.24. The maximum absolute atomic E-state index is 12.5. The van der Waals surface area contributed by atoms with E-state index in [0.29, 0.717) is 5.75 Å². The van der Waals surface area contributed by atoms with Crippen molar-refractivity contribution in [3.05, 3.63) is 29.8 Å². The third-order valence-electron chi connectivity index (χ3n) is 4.33. The smallest absolute Gasteiger partial charge is 0.331 e. The molecule has 1 saturated heterocycles. The molecule has 1 aromatic rings. The predicted octanol–water partition coefficient (Wildman–Crippen LogP) is 0.626. The van der Waals surface area contributed by atoms with Crippen LogP contribution < -0.4 is 4.74 Å². The van der Waals surface area contributed by atoms with Crippen LogP contribution in [0.5, 0.6) is 5.75 Å². The van der Waals surface area contributed by atoms with Gasteiger partial charge in [0.05, 0.1) is 6.54 Å². The number of likely N-dealkylation sites (N-methyl/N-ethyl adjacent to an activating group) is 2. The number of ether oxygens (including phenoxy) is 1. The van der Waals surface area contributed by atoms with Crippen molar-refractivity contribution < 1.29 is 19.4 Å². The number of amides is 3. The number of aliphatic hydroxyl groups excluding tert-OH is 1. The summed E-state index contributed by atoms with van der Waals surface area (Å²) in [6.45, 7) is 2.07. The molecule has 2 unspecified atom stereocenters. The fraction of sp³-hybridized carbons (Fsp3) is 0.412. The van der Waals surface area contributed by atoms with E-state index >= 15 is 0 Å². The molecule has 2 atom stereocenters. The first-order valence-electron chi connectivity index (χ1n) is 8.11. The average molecular weight is 376 g/mol. The van der Waals surface area contributed by atoms with Crippen LogP contribution in [0.4, 0.5) is 4.79 Å². The average Bonchev–Trinajstić information content (AvgIpc) is 2.93. The first-order chi connectivity index (χ1) is 12.3. The molecule has 2 aliphatic rings. The molecule has 0 bridgehead atoms. The number of benzene rings is 1. The second kappa shape index (κ2) is 7.00. The van der Waals surface area contributed by atoms with Crippen molar-refractivity contribution in [1.82, 2.24) is 14.7 Å². The van der Waals surface area contributed by atoms with E-state index in [1.165, 1.54) is 16.8 Å². The molecule has 0 aromatic heterocycles. The zero-order valence-corrected chi connectivity index (χ0v) is 15.6. The standard InChI is InChI=1S/C17H20N4O4S/c1-10-5-4-6-12(7-10)25-9-11(22)8-21-13-14(18-16(21)26)19(2)17(24)20(3)15(13)23/h4-7,11,13,22H,8-9H2,1-3H3. The van der Waals surface area contributed by atoms with Crippen LogP contribution in [-0.4, -0.2) is 82.1 Å². The Balaban J connectivity index is 1.67. The van der Waals surface area contributed by atoms with Gasteiger partial charge in [0.2, 0.25) is 0 Å². The van der Waals surface area contributed by atoms with E-state index in [1.807, 2.05) is 31.2 Å². The van der Waals surface area contributed by atoms with Gasteiger partial charge in [0.25, 0.3) is 5.91 Å². The molecule has 9 heteroatoms. The van der Waals surface area contributed by atoms with Gasteiger partial charge in [-0.2, -0.15) is 0 Å². The van der Waals surface area contributed by atoms with Crippen LogP contribution >= 0.6 is 12.2 Å². The molecule has 8 nitrogen and oxygen atoms in total. The Bertz CT molecular complexity index is 797. The number of aliphatic imine (C=N–C) groups is 1. The van der Waals surface area contributed by atoms with Crippen molar-refractivity contribution in [2.75, 3.05) is 27.2 Å². The fourth-order valence-electron chi connectivity index (χ4n) is 2.94. The number of aliphatic hydroxyl groups is 1. The van der Waals surface area contributed by atoms with E-state index < -0.39 is 24.1 Å². The molecule has 0 saturated carbocycles. The van der Waals surface area contributed by atoms with Gasteiger partial charge in [-0.05, 0) is 36.8 Å². The van der Waals surface area contributed by atoms with Crippen molar-refractivity contribution in [2.45, 2.75) is 19.1 Å². The van der Waals surface area contributed by atoms with E-state index in [1.54, 1.807) is 7.05 Å². The molecule has 1 fully saturated rings. The zero-order valence-electron chi connectivity index (χ0n) is 14.7. The highest BCUT2D eigenvalue weighted by Crippen LogP contribution is 2.23. The lowest BCUT2D eigenvalue weighted by Crippen LogP contribution is -2.63. The zero-order chi connectivity index (χ0) is 19.0. The third-order valence-corrected chi connectivity index (χ3v) is 4.66. The number of nitrogens with zero attached hydrogens (tertiary/aromatic N) is 4. The number of imide groups is 1. The van der Waals surface area contributed by atoms with Gasteiger partial charge in [0.15, 0.2) is 11.2 Å². The number of carbonyl (C=O) groups excluding carboxylic acids is 2. The van der Waals surface area contributed by atoms with Gasteiger partial charge in [0.1, 0.15) is 24.3 Å². The largest absolute Gasteiger partial charge is 0.491 e. The second-order valence-corrected chi connectivity index (χ2v) is 6.69. The topological polar surface area (TPSA) is 85.7 Å². The minimum Gasteiger partial charge on any atom is -0.491 e. The van der Waals surface area contributed by atoms with Crippen molar-refractivity contribution in [3.8, 4) is 5.75 Å². The number of amidine groups is 1. The number of rotatable bonds is 5. The van der Waals surface area contributed by atoms with Gasteiger partial charge in [-0.25, -0.2) is 9.79 Å². The predicted molar refractivity (Wildman–Crippen MR) is 99.1 cm³/mol. The van der Waals surface area contributed by atoms with Gasteiger partial charge in [-0.3, -0.25) is 14.6 Å². The number of thiocarbonyl (C=S) groups is 1. The summed E-state index contributed by atoms with van der Waals surface area (Å²) in [5.41, 5.74) is 1.05. The van der Waals surface area contributed by atoms with Gasteiger partial charge in [0, 0.05) is 14.1 Å². The highest BCUT2D eigenvalue weighted by molar-refractivity contribution is 7.80. The van der Waals surface area contributed by atoms with E-state index in [-0.39, 0.29) is 24.1 Å². The van der Waals surface area contributed by atoms with Crippen LogP contribution in [-0.2, 0) is 4.79 Å². The summed E-state index contributed by atoms with van der Waals surface area (Å²) in [4.78, 5) is 32.5. The Labute approximate surface area is 156 Å². The first kappa shape index (κ1) is 18.3. The lowest BCUT2D eigenvalue weighted by atomic mass is 10.1. The number of aryl methyl sites for hydroxylation is 1. The van der Waals surface area contributed by atoms with Crippen LogP contribution in [0.1, 0.15) is 5.56 Å². The van der Waals surface area contributed by atoms with Crippen molar-refractivity contribution in [2.24, 2.45) is 4.99 Å². The quantitative estimate of drug-likeness (QED) is 0.759. The molecule has 138 valence electrons. The van der Waals surface area contributed by atoms with E-state index in [9.17, 15) is 14.7 Å². The first-order valence-corrected chi connectivity index (χ1v) is 8.52. The molecule has 1 aromatic carbocycles. The van der Waals surface area contributed by atoms with E-state index in [0.717, 1.165) is 10.5 Å². The number of hydrogen-bond acceptors (Lipinski definition) is 5. The summed E-state index contributed by atoms with van der Waals surface area (Å²) in [5.74, 6) is 0.525. The fourth-order valence-corrected chi connectivity index (χ4v) is 3.21. The number of β-amino-alcohol motifs (C(OH)–C–C–N with tert-alkyl or cyclic N) is 1. The molecule has 0 aliphatic carbocycles. The second-order valence-electron chi connectivity index (χ2n) is 6.33. The molecule has 3 rings (SSSR count). The number of urea groups is 1. The van der Waals surface area contributed by atoms with Crippen LogP contribution in [0.3, 0.4) is 0 Å². The van der Waals surface area contributed by atoms with Crippen LogP contribution in [0.15, 0.2) is 29.3 Å².